The maximum Gasteiger partial charge on any atom is 0.0931 e. The lowest BCUT2D eigenvalue weighted by molar-refractivity contribution is 0.683. The average Bonchev–Trinajstić information content (AvgIpc) is 2.67. The van der Waals surface area contributed by atoms with E-state index >= 15 is 0 Å². The quantitative estimate of drug-likeness (QED) is 0.848. The molecule has 0 radical (unpaired) electrons. The Bertz CT molecular complexity index is 570. The van der Waals surface area contributed by atoms with Crippen molar-refractivity contribution in [3.63, 3.8) is 0 Å². The highest BCUT2D eigenvalue weighted by molar-refractivity contribution is 9.10. The minimum atomic E-state index is -1.15. The van der Waals surface area contributed by atoms with E-state index in [1.165, 1.54) is 11.3 Å². The van der Waals surface area contributed by atoms with Crippen LogP contribution in [0, 0.1) is 0 Å². The van der Waals surface area contributed by atoms with Crippen molar-refractivity contribution in [3.8, 4) is 0 Å². The molecule has 2 N–H and O–H groups in total. The molecule has 0 saturated heterocycles. The lowest BCUT2D eigenvalue weighted by atomic mass is 10.3. The Balaban J connectivity index is 2.22. The van der Waals surface area contributed by atoms with E-state index in [1.54, 1.807) is 12.1 Å². The van der Waals surface area contributed by atoms with Crippen LogP contribution in [0.5, 0.6) is 0 Å². The minimum absolute atomic E-state index is 0.442. The molecule has 2 rings (SSSR count). The van der Waals surface area contributed by atoms with Crippen molar-refractivity contribution in [2.75, 3.05) is 5.73 Å². The highest BCUT2D eigenvalue weighted by Crippen LogP contribution is 2.27. The second-order valence-electron chi connectivity index (χ2n) is 3.38. The van der Waals surface area contributed by atoms with Crippen molar-refractivity contribution in [2.45, 2.75) is 10.6 Å². The predicted molar refractivity (Wildman–Crippen MR) is 78.0 cm³/mol. The minimum Gasteiger partial charge on any atom is -0.398 e. The number of hydrogen-bond donors (Lipinski definition) is 1. The van der Waals surface area contributed by atoms with Gasteiger partial charge in [-0.05, 0) is 30.3 Å². The molecule has 1 aromatic carbocycles. The lowest BCUT2D eigenvalue weighted by Gasteiger charge is -2.05. The summed E-state index contributed by atoms with van der Waals surface area (Å²) in [7, 11) is -1.15. The smallest absolute Gasteiger partial charge is 0.0931 e. The maximum absolute atomic E-state index is 12.2. The first kappa shape index (κ1) is 13.1. The molecule has 1 aromatic heterocycles. The molecule has 0 aliphatic carbocycles. The zero-order chi connectivity index (χ0) is 12.4. The van der Waals surface area contributed by atoms with Gasteiger partial charge in [0.1, 0.15) is 0 Å². The van der Waals surface area contributed by atoms with Crippen molar-refractivity contribution in [1.29, 1.82) is 0 Å². The fraction of sp³-hybridized carbons (Fsp3) is 0.0909. The standard InChI is InChI=1S/C11H9BrClNOS2/c12-7-1-3-9(14)10(5-7)17(15)6-8-2-4-11(13)16-8/h1-5H,6,14H2. The molecule has 1 heterocycles. The van der Waals surface area contributed by atoms with Gasteiger partial charge in [-0.1, -0.05) is 27.5 Å². The SMILES string of the molecule is Nc1ccc(Br)cc1S(=O)Cc1ccc(Cl)s1. The normalized spacial score (nSPS) is 12.6. The zero-order valence-corrected chi connectivity index (χ0v) is 12.6. The van der Waals surface area contributed by atoms with Crippen LogP contribution in [-0.4, -0.2) is 4.21 Å². The average molecular weight is 351 g/mol. The molecule has 1 atom stereocenters. The number of thiophene rings is 1. The van der Waals surface area contributed by atoms with Gasteiger partial charge in [0.05, 0.1) is 25.8 Å². The molecule has 0 amide bonds. The molecule has 1 unspecified atom stereocenters. The number of hydrogen-bond acceptors (Lipinski definition) is 3. The van der Waals surface area contributed by atoms with Gasteiger partial charge in [0.15, 0.2) is 0 Å². The Morgan fingerprint density at radius 3 is 2.76 bits per heavy atom. The number of anilines is 1. The van der Waals surface area contributed by atoms with Crippen LogP contribution in [0.15, 0.2) is 39.7 Å². The number of benzene rings is 1. The maximum atomic E-state index is 12.2. The van der Waals surface area contributed by atoms with Gasteiger partial charge < -0.3 is 5.73 Å². The molecule has 0 fully saturated rings. The van der Waals surface area contributed by atoms with Gasteiger partial charge in [0.25, 0.3) is 0 Å². The van der Waals surface area contributed by atoms with Gasteiger partial charge in [-0.2, -0.15) is 0 Å². The molecule has 6 heteroatoms. The summed E-state index contributed by atoms with van der Waals surface area (Å²) >= 11 is 10.6. The van der Waals surface area contributed by atoms with E-state index in [9.17, 15) is 4.21 Å². The van der Waals surface area contributed by atoms with Crippen LogP contribution in [-0.2, 0) is 16.6 Å². The van der Waals surface area contributed by atoms with Crippen molar-refractivity contribution in [3.05, 3.63) is 44.0 Å². The highest BCUT2D eigenvalue weighted by atomic mass is 79.9. The second-order valence-corrected chi connectivity index (χ2v) is 7.51. The van der Waals surface area contributed by atoms with Gasteiger partial charge in [0.2, 0.25) is 0 Å². The van der Waals surface area contributed by atoms with Crippen LogP contribution in [0.1, 0.15) is 4.88 Å². The lowest BCUT2D eigenvalue weighted by Crippen LogP contribution is -1.99. The van der Waals surface area contributed by atoms with Gasteiger partial charge in [0, 0.05) is 15.0 Å². The topological polar surface area (TPSA) is 43.1 Å². The van der Waals surface area contributed by atoms with E-state index in [4.69, 9.17) is 17.3 Å². The first-order valence-corrected chi connectivity index (χ1v) is 8.04. The second kappa shape index (κ2) is 5.52. The van der Waals surface area contributed by atoms with E-state index in [1.807, 2.05) is 18.2 Å². The summed E-state index contributed by atoms with van der Waals surface area (Å²) in [6, 6.07) is 9.07. The molecule has 0 spiro atoms. The monoisotopic (exact) mass is 349 g/mol. The Morgan fingerprint density at radius 1 is 1.35 bits per heavy atom. The van der Waals surface area contributed by atoms with E-state index in [2.05, 4.69) is 15.9 Å². The summed E-state index contributed by atoms with van der Waals surface area (Å²) in [6.45, 7) is 0. The van der Waals surface area contributed by atoms with Crippen LogP contribution in [0.3, 0.4) is 0 Å². The van der Waals surface area contributed by atoms with E-state index in [0.717, 1.165) is 9.35 Å². The molecule has 2 aromatic rings. The molecule has 0 aliphatic rings. The van der Waals surface area contributed by atoms with E-state index in [0.29, 0.717) is 20.7 Å². The molecular weight excluding hydrogens is 342 g/mol. The van der Waals surface area contributed by atoms with Crippen molar-refractivity contribution >= 4 is 55.4 Å². The summed E-state index contributed by atoms with van der Waals surface area (Å²) < 4.78 is 13.8. The molecule has 2 nitrogen and oxygen atoms in total. The Hall–Kier alpha value is -0.360. The van der Waals surface area contributed by atoms with Crippen molar-refractivity contribution in [2.24, 2.45) is 0 Å². The molecule has 0 bridgehead atoms. The first-order valence-electron chi connectivity index (χ1n) is 4.74. The number of nitrogen functional groups attached to an aromatic ring is 1. The third kappa shape index (κ3) is 3.31. The van der Waals surface area contributed by atoms with Crippen LogP contribution in [0.25, 0.3) is 0 Å². The third-order valence-electron chi connectivity index (χ3n) is 2.12. The summed E-state index contributed by atoms with van der Waals surface area (Å²) in [5, 5.41) is 0. The fourth-order valence-electron chi connectivity index (χ4n) is 1.34. The molecule has 90 valence electrons. The van der Waals surface area contributed by atoms with Gasteiger partial charge in [-0.3, -0.25) is 4.21 Å². The molecule has 17 heavy (non-hydrogen) atoms. The Morgan fingerprint density at radius 2 is 2.12 bits per heavy atom. The summed E-state index contributed by atoms with van der Waals surface area (Å²) in [6.07, 6.45) is 0. The molecule has 0 aliphatic heterocycles. The summed E-state index contributed by atoms with van der Waals surface area (Å²) in [4.78, 5) is 1.65. The Kier molecular flexibility index (Phi) is 4.25. The highest BCUT2D eigenvalue weighted by Gasteiger charge is 2.10. The molecule has 0 saturated carbocycles. The van der Waals surface area contributed by atoms with E-state index in [-0.39, 0.29) is 0 Å². The Labute approximate surface area is 119 Å². The van der Waals surface area contributed by atoms with Crippen LogP contribution < -0.4 is 5.73 Å². The van der Waals surface area contributed by atoms with Gasteiger partial charge in [-0.15, -0.1) is 11.3 Å². The number of nitrogens with two attached hydrogens (primary N) is 1. The van der Waals surface area contributed by atoms with Gasteiger partial charge >= 0.3 is 0 Å². The number of rotatable bonds is 3. The number of halogens is 2. The summed E-state index contributed by atoms with van der Waals surface area (Å²) in [5.74, 6) is 0.442. The third-order valence-corrected chi connectivity index (χ3v) is 5.45. The van der Waals surface area contributed by atoms with Crippen LogP contribution >= 0.6 is 38.9 Å². The summed E-state index contributed by atoms with van der Waals surface area (Å²) in [5.41, 5.74) is 6.36. The van der Waals surface area contributed by atoms with Crippen molar-refractivity contribution in [1.82, 2.24) is 0 Å². The van der Waals surface area contributed by atoms with Crippen LogP contribution in [0.4, 0.5) is 5.69 Å². The fourth-order valence-corrected chi connectivity index (χ4v) is 4.39. The predicted octanol–water partition coefficient (Wildman–Crippen LogP) is 4.05. The first-order chi connectivity index (χ1) is 8.06. The van der Waals surface area contributed by atoms with Gasteiger partial charge in [-0.25, -0.2) is 0 Å². The molecular formula is C11H9BrClNOS2. The zero-order valence-electron chi connectivity index (χ0n) is 8.65. The van der Waals surface area contributed by atoms with Crippen LogP contribution in [0.2, 0.25) is 4.34 Å². The van der Waals surface area contributed by atoms with E-state index < -0.39 is 10.8 Å². The van der Waals surface area contributed by atoms with Crippen molar-refractivity contribution < 1.29 is 4.21 Å². The largest absolute Gasteiger partial charge is 0.398 e.